The molecule has 1 aromatic heterocycles. The number of morpholine rings is 1. The van der Waals surface area contributed by atoms with Crippen molar-refractivity contribution in [3.05, 3.63) is 52.4 Å². The summed E-state index contributed by atoms with van der Waals surface area (Å²) in [6.45, 7) is 0.652. The van der Waals surface area contributed by atoms with Crippen molar-refractivity contribution < 1.29 is 31.9 Å². The minimum Gasteiger partial charge on any atom is -0.451 e. The highest BCUT2D eigenvalue weighted by atomic mass is 79.9. The van der Waals surface area contributed by atoms with Crippen LogP contribution in [0.4, 0.5) is 0 Å². The molecule has 0 amide bonds. The van der Waals surface area contributed by atoms with E-state index in [1.165, 1.54) is 40.7 Å². The second-order valence-electron chi connectivity index (χ2n) is 5.65. The second-order valence-corrected chi connectivity index (χ2v) is 8.37. The van der Waals surface area contributed by atoms with Crippen LogP contribution in [-0.4, -0.2) is 57.4 Å². The lowest BCUT2D eigenvalue weighted by atomic mass is 10.1. The van der Waals surface area contributed by atoms with Crippen molar-refractivity contribution in [1.29, 1.82) is 0 Å². The molecule has 1 fully saturated rings. The number of hydrogen-bond donors (Lipinski definition) is 0. The Labute approximate surface area is 164 Å². The van der Waals surface area contributed by atoms with Crippen LogP contribution in [0.5, 0.6) is 0 Å². The van der Waals surface area contributed by atoms with Crippen LogP contribution in [0.15, 0.2) is 50.4 Å². The summed E-state index contributed by atoms with van der Waals surface area (Å²) < 4.78 is 42.2. The zero-order valence-corrected chi connectivity index (χ0v) is 16.5. The highest BCUT2D eigenvalue weighted by molar-refractivity contribution is 9.10. The molecule has 0 spiro atoms. The molecule has 0 N–H and O–H groups in total. The van der Waals surface area contributed by atoms with Crippen LogP contribution in [0, 0.1) is 0 Å². The number of halogens is 1. The van der Waals surface area contributed by atoms with Gasteiger partial charge in [0.2, 0.25) is 15.8 Å². The topological polar surface area (TPSA) is 103 Å². The van der Waals surface area contributed by atoms with Crippen molar-refractivity contribution in [3.8, 4) is 0 Å². The number of nitrogens with zero attached hydrogens (tertiary/aromatic N) is 1. The number of Topliss-reactive ketones (excluding diaryl/α,β-unsaturated/α-hetero) is 1. The number of carbonyl (C=O) groups excluding carboxylic acids is 2. The Hall–Kier alpha value is -2.01. The van der Waals surface area contributed by atoms with Crippen LogP contribution in [0.1, 0.15) is 20.9 Å². The van der Waals surface area contributed by atoms with Crippen molar-refractivity contribution in [3.63, 3.8) is 0 Å². The van der Waals surface area contributed by atoms with Crippen LogP contribution >= 0.6 is 15.9 Å². The number of furan rings is 1. The molecule has 27 heavy (non-hydrogen) atoms. The van der Waals surface area contributed by atoms with Gasteiger partial charge in [0.15, 0.2) is 17.1 Å². The summed E-state index contributed by atoms with van der Waals surface area (Å²) in [4.78, 5) is 24.1. The van der Waals surface area contributed by atoms with E-state index in [1.807, 2.05) is 0 Å². The summed E-state index contributed by atoms with van der Waals surface area (Å²) in [6.07, 6.45) is 0. The predicted molar refractivity (Wildman–Crippen MR) is 97.0 cm³/mol. The van der Waals surface area contributed by atoms with Gasteiger partial charge in [-0.2, -0.15) is 4.31 Å². The van der Waals surface area contributed by atoms with E-state index in [1.54, 1.807) is 0 Å². The van der Waals surface area contributed by atoms with Gasteiger partial charge in [-0.15, -0.1) is 0 Å². The number of carbonyl (C=O) groups is 2. The molecule has 0 atom stereocenters. The Morgan fingerprint density at radius 1 is 1.15 bits per heavy atom. The molecule has 1 aliphatic heterocycles. The van der Waals surface area contributed by atoms with Crippen molar-refractivity contribution in [1.82, 2.24) is 4.31 Å². The molecule has 1 saturated heterocycles. The Balaban J connectivity index is 1.69. The van der Waals surface area contributed by atoms with E-state index < -0.39 is 28.4 Å². The monoisotopic (exact) mass is 457 g/mol. The zero-order valence-electron chi connectivity index (χ0n) is 14.1. The predicted octanol–water partition coefficient (Wildman–Crippen LogP) is 2.10. The van der Waals surface area contributed by atoms with Gasteiger partial charge >= 0.3 is 5.97 Å². The summed E-state index contributed by atoms with van der Waals surface area (Å²) in [7, 11) is -3.72. The molecule has 2 heterocycles. The van der Waals surface area contributed by atoms with E-state index in [0.29, 0.717) is 17.9 Å². The number of esters is 1. The number of sulfonamides is 1. The molecule has 0 bridgehead atoms. The van der Waals surface area contributed by atoms with Gasteiger partial charge in [0.05, 0.1) is 18.1 Å². The molecule has 8 nitrogen and oxygen atoms in total. The molecule has 0 unspecified atom stereocenters. The Bertz CT molecular complexity index is 948. The van der Waals surface area contributed by atoms with Gasteiger partial charge in [0.25, 0.3) is 0 Å². The summed E-state index contributed by atoms with van der Waals surface area (Å²) in [6, 6.07) is 8.59. The summed E-state index contributed by atoms with van der Waals surface area (Å²) in [5.41, 5.74) is 0.137. The number of benzene rings is 1. The number of ketones is 1. The number of ether oxygens (including phenoxy) is 2. The molecule has 0 aliphatic carbocycles. The Kier molecular flexibility index (Phi) is 6.10. The molecular formula is C17H16BrNO7S. The average Bonchev–Trinajstić information content (AvgIpc) is 3.13. The molecule has 10 heteroatoms. The van der Waals surface area contributed by atoms with Crippen molar-refractivity contribution in [2.24, 2.45) is 0 Å². The quantitative estimate of drug-likeness (QED) is 0.483. The molecule has 2 aromatic rings. The number of rotatable bonds is 6. The molecule has 0 saturated carbocycles. The van der Waals surface area contributed by atoms with E-state index in [-0.39, 0.29) is 29.3 Å². The fourth-order valence-electron chi connectivity index (χ4n) is 2.48. The SMILES string of the molecule is O=C(COC(=O)c1ccc(Br)o1)c1cccc(S(=O)(=O)N2CCOCC2)c1. The minimum absolute atomic E-state index is 0.0107. The zero-order chi connectivity index (χ0) is 19.4. The highest BCUT2D eigenvalue weighted by Crippen LogP contribution is 2.19. The van der Waals surface area contributed by atoms with Gasteiger partial charge in [-0.25, -0.2) is 13.2 Å². The van der Waals surface area contributed by atoms with Gasteiger partial charge in [0, 0.05) is 18.7 Å². The van der Waals surface area contributed by atoms with Gasteiger partial charge in [0.1, 0.15) is 0 Å². The lowest BCUT2D eigenvalue weighted by Gasteiger charge is -2.26. The maximum atomic E-state index is 12.7. The average molecular weight is 458 g/mol. The highest BCUT2D eigenvalue weighted by Gasteiger charge is 2.27. The molecule has 1 aliphatic rings. The number of hydrogen-bond acceptors (Lipinski definition) is 7. The van der Waals surface area contributed by atoms with E-state index >= 15 is 0 Å². The summed E-state index contributed by atoms with van der Waals surface area (Å²) in [5, 5.41) is 0. The Morgan fingerprint density at radius 3 is 2.56 bits per heavy atom. The van der Waals surface area contributed by atoms with Gasteiger partial charge in [-0.3, -0.25) is 4.79 Å². The normalized spacial score (nSPS) is 15.4. The fraction of sp³-hybridized carbons (Fsp3) is 0.294. The van der Waals surface area contributed by atoms with Crippen LogP contribution in [0.2, 0.25) is 0 Å². The maximum Gasteiger partial charge on any atom is 0.374 e. The van der Waals surface area contributed by atoms with E-state index in [2.05, 4.69) is 15.9 Å². The van der Waals surface area contributed by atoms with Crippen molar-refractivity contribution in [2.75, 3.05) is 32.9 Å². The largest absolute Gasteiger partial charge is 0.451 e. The lowest BCUT2D eigenvalue weighted by molar-refractivity contribution is 0.0442. The third-order valence-corrected chi connectivity index (χ3v) is 6.19. The molecule has 0 radical (unpaired) electrons. The standard InChI is InChI=1S/C17H16BrNO7S/c18-16-5-4-15(26-16)17(21)25-11-14(20)12-2-1-3-13(10-12)27(22,23)19-6-8-24-9-7-19/h1-5,10H,6-9,11H2. The first-order valence-corrected chi connectivity index (χ1v) is 10.2. The fourth-order valence-corrected chi connectivity index (χ4v) is 4.24. The van der Waals surface area contributed by atoms with E-state index in [0.717, 1.165) is 0 Å². The first kappa shape index (κ1) is 19.7. The summed E-state index contributed by atoms with van der Waals surface area (Å²) in [5.74, 6) is -1.35. The Morgan fingerprint density at radius 2 is 1.89 bits per heavy atom. The minimum atomic E-state index is -3.72. The first-order valence-electron chi connectivity index (χ1n) is 8.01. The van der Waals surface area contributed by atoms with Gasteiger partial charge < -0.3 is 13.9 Å². The van der Waals surface area contributed by atoms with Crippen LogP contribution in [-0.2, 0) is 19.5 Å². The first-order chi connectivity index (χ1) is 12.9. The molecule has 144 valence electrons. The third kappa shape index (κ3) is 4.64. The van der Waals surface area contributed by atoms with E-state index in [4.69, 9.17) is 13.9 Å². The van der Waals surface area contributed by atoms with Crippen LogP contribution < -0.4 is 0 Å². The van der Waals surface area contributed by atoms with Crippen LogP contribution in [0.25, 0.3) is 0 Å². The molecule has 3 rings (SSSR count). The van der Waals surface area contributed by atoms with Gasteiger partial charge in [-0.1, -0.05) is 12.1 Å². The molecular weight excluding hydrogens is 442 g/mol. The van der Waals surface area contributed by atoms with Crippen LogP contribution in [0.3, 0.4) is 0 Å². The smallest absolute Gasteiger partial charge is 0.374 e. The third-order valence-electron chi connectivity index (χ3n) is 3.87. The second kappa shape index (κ2) is 8.34. The van der Waals surface area contributed by atoms with Crippen molar-refractivity contribution in [2.45, 2.75) is 4.90 Å². The summed E-state index contributed by atoms with van der Waals surface area (Å²) >= 11 is 3.07. The van der Waals surface area contributed by atoms with Crippen molar-refractivity contribution >= 4 is 37.7 Å². The molecule has 1 aromatic carbocycles. The van der Waals surface area contributed by atoms with E-state index in [9.17, 15) is 18.0 Å². The van der Waals surface area contributed by atoms with Gasteiger partial charge in [-0.05, 0) is 40.2 Å². The lowest BCUT2D eigenvalue weighted by Crippen LogP contribution is -2.40. The maximum absolute atomic E-state index is 12.7.